The fourth-order valence-corrected chi connectivity index (χ4v) is 1.87. The average Bonchev–Trinajstić information content (AvgIpc) is 2.36. The molecule has 0 aromatic heterocycles. The summed E-state index contributed by atoms with van der Waals surface area (Å²) in [6.07, 6.45) is 0. The Kier molecular flexibility index (Phi) is 5.95. The van der Waals surface area contributed by atoms with Crippen LogP contribution in [0.4, 0.5) is 0 Å². The van der Waals surface area contributed by atoms with E-state index in [-0.39, 0.29) is 0 Å². The van der Waals surface area contributed by atoms with E-state index in [0.29, 0.717) is 10.8 Å². The molecule has 0 aliphatic heterocycles. The molecule has 0 amide bonds. The molecule has 0 radical (unpaired) electrons. The van der Waals surface area contributed by atoms with Gasteiger partial charge in [-0.15, -0.1) is 0 Å². The highest BCUT2D eigenvalue weighted by molar-refractivity contribution is 6.31. The first kappa shape index (κ1) is 14.8. The summed E-state index contributed by atoms with van der Waals surface area (Å²) in [5.41, 5.74) is 0.964. The number of carboxylic acid groups (broad SMARTS) is 1. The van der Waals surface area contributed by atoms with Crippen molar-refractivity contribution in [1.82, 2.24) is 0 Å². The second kappa shape index (κ2) is 7.24. The van der Waals surface area contributed by atoms with Crippen LogP contribution < -0.4 is 14.7 Å². The van der Waals surface area contributed by atoms with Crippen LogP contribution in [-0.4, -0.2) is 25.7 Å². The third-order valence-corrected chi connectivity index (χ3v) is 3.18. The molecule has 0 spiro atoms. The first-order valence-corrected chi connectivity index (χ1v) is 6.39. The molecular weight excluding hydrogens is 254 g/mol. The molecular formula is C13H18ClNO3. The molecule has 0 unspecified atom stereocenters. The van der Waals surface area contributed by atoms with Gasteiger partial charge < -0.3 is 19.5 Å². The first-order chi connectivity index (χ1) is 8.56. The lowest BCUT2D eigenvalue weighted by atomic mass is 10.2. The van der Waals surface area contributed by atoms with Crippen LogP contribution in [0.5, 0.6) is 5.75 Å². The number of hydrogen-bond acceptors (Lipinski definition) is 3. The fraction of sp³-hybridized carbons (Fsp3) is 0.462. The molecule has 4 nitrogen and oxygen atoms in total. The molecule has 0 bridgehead atoms. The third-order valence-electron chi connectivity index (χ3n) is 2.81. The number of halogens is 1. The smallest absolute Gasteiger partial charge is 0.128 e. The van der Waals surface area contributed by atoms with E-state index in [1.54, 1.807) is 18.2 Å². The fourth-order valence-electron chi connectivity index (χ4n) is 1.69. The quantitative estimate of drug-likeness (QED) is 0.753. The summed E-state index contributed by atoms with van der Waals surface area (Å²) in [6, 6.07) is 5.17. The van der Waals surface area contributed by atoms with Crippen LogP contribution in [-0.2, 0) is 11.3 Å². The van der Waals surface area contributed by atoms with E-state index in [0.717, 1.165) is 25.2 Å². The van der Waals surface area contributed by atoms with E-state index in [1.807, 2.05) is 0 Å². The van der Waals surface area contributed by atoms with E-state index >= 15 is 0 Å². The first-order valence-electron chi connectivity index (χ1n) is 6.01. The highest BCUT2D eigenvalue weighted by atomic mass is 35.5. The molecule has 0 atom stereocenters. The van der Waals surface area contributed by atoms with Crippen molar-refractivity contribution < 1.29 is 19.5 Å². The number of nitrogens with one attached hydrogen (secondary N) is 1. The van der Waals surface area contributed by atoms with E-state index in [1.165, 1.54) is 4.90 Å². The Bertz CT molecular complexity index is 405. The summed E-state index contributed by atoms with van der Waals surface area (Å²) in [6.45, 7) is 6.61. The molecule has 18 heavy (non-hydrogen) atoms. The molecule has 0 aliphatic rings. The second-order valence-electron chi connectivity index (χ2n) is 4.05. The number of benzene rings is 1. The lowest BCUT2D eigenvalue weighted by molar-refractivity contribution is -0.910. The maximum Gasteiger partial charge on any atom is 0.128 e. The van der Waals surface area contributed by atoms with Crippen molar-refractivity contribution in [1.29, 1.82) is 0 Å². The number of hydrogen-bond donors (Lipinski definition) is 1. The van der Waals surface area contributed by atoms with Crippen molar-refractivity contribution in [3.8, 4) is 5.75 Å². The van der Waals surface area contributed by atoms with Crippen LogP contribution in [0.3, 0.4) is 0 Å². The Morgan fingerprint density at radius 1 is 1.39 bits per heavy atom. The molecule has 0 saturated heterocycles. The lowest BCUT2D eigenvalue weighted by Crippen LogP contribution is -3.10. The molecule has 0 fully saturated rings. The predicted octanol–water partition coefficient (Wildman–Crippen LogP) is -0.107. The Labute approximate surface area is 112 Å². The number of carboxylic acids is 1. The van der Waals surface area contributed by atoms with Gasteiger partial charge >= 0.3 is 0 Å². The maximum atomic E-state index is 10.3. The van der Waals surface area contributed by atoms with Crippen LogP contribution in [0.25, 0.3) is 0 Å². The SMILES string of the molecule is CC[NH+](CC)Cc1cc(OCC(=O)[O-])ccc1Cl. The number of rotatable bonds is 7. The summed E-state index contributed by atoms with van der Waals surface area (Å²) < 4.78 is 5.08. The van der Waals surface area contributed by atoms with E-state index < -0.39 is 12.6 Å². The van der Waals surface area contributed by atoms with Crippen molar-refractivity contribution in [3.63, 3.8) is 0 Å². The molecule has 100 valence electrons. The second-order valence-corrected chi connectivity index (χ2v) is 4.45. The van der Waals surface area contributed by atoms with E-state index in [9.17, 15) is 9.90 Å². The van der Waals surface area contributed by atoms with Crippen molar-refractivity contribution in [2.24, 2.45) is 0 Å². The van der Waals surface area contributed by atoms with Gasteiger partial charge in [-0.3, -0.25) is 0 Å². The number of quaternary nitrogens is 1. The monoisotopic (exact) mass is 271 g/mol. The van der Waals surface area contributed by atoms with Gasteiger partial charge in [-0.1, -0.05) is 11.6 Å². The zero-order valence-corrected chi connectivity index (χ0v) is 11.4. The molecule has 1 N–H and O–H groups in total. The van der Waals surface area contributed by atoms with Crippen LogP contribution in [0.2, 0.25) is 5.02 Å². The highest BCUT2D eigenvalue weighted by Crippen LogP contribution is 2.21. The Morgan fingerprint density at radius 2 is 2.06 bits per heavy atom. The van der Waals surface area contributed by atoms with Crippen molar-refractivity contribution in [3.05, 3.63) is 28.8 Å². The summed E-state index contributed by atoms with van der Waals surface area (Å²) >= 11 is 6.12. The topological polar surface area (TPSA) is 53.8 Å². The molecule has 1 aromatic rings. The minimum atomic E-state index is -1.24. The normalized spacial score (nSPS) is 10.7. The lowest BCUT2D eigenvalue weighted by Gasteiger charge is -2.17. The van der Waals surface area contributed by atoms with Crippen LogP contribution in [0.15, 0.2) is 18.2 Å². The largest absolute Gasteiger partial charge is 0.546 e. The van der Waals surface area contributed by atoms with Gasteiger partial charge in [0.2, 0.25) is 0 Å². The standard InChI is InChI=1S/C13H18ClNO3/c1-3-15(4-2)8-10-7-11(5-6-12(10)14)18-9-13(16)17/h5-7H,3-4,8-9H2,1-2H3,(H,16,17). The zero-order valence-electron chi connectivity index (χ0n) is 10.7. The Morgan fingerprint density at radius 3 is 2.61 bits per heavy atom. The molecule has 1 rings (SSSR count). The van der Waals surface area contributed by atoms with Crippen molar-refractivity contribution >= 4 is 17.6 Å². The number of aliphatic carboxylic acids is 1. The van der Waals surface area contributed by atoms with Crippen molar-refractivity contribution in [2.75, 3.05) is 19.7 Å². The Balaban J connectivity index is 2.77. The van der Waals surface area contributed by atoms with Gasteiger partial charge in [-0.2, -0.15) is 0 Å². The number of ether oxygens (including phenoxy) is 1. The summed E-state index contributed by atoms with van der Waals surface area (Å²) in [7, 11) is 0. The van der Waals surface area contributed by atoms with Crippen LogP contribution in [0.1, 0.15) is 19.4 Å². The number of carbonyl (C=O) groups is 1. The van der Waals surface area contributed by atoms with Gasteiger partial charge in [0.05, 0.1) is 19.1 Å². The minimum absolute atomic E-state index is 0.445. The molecule has 5 heteroatoms. The average molecular weight is 272 g/mol. The summed E-state index contributed by atoms with van der Waals surface area (Å²) in [5.74, 6) is -0.731. The zero-order chi connectivity index (χ0) is 13.5. The minimum Gasteiger partial charge on any atom is -0.546 e. The summed E-state index contributed by atoms with van der Waals surface area (Å²) in [4.78, 5) is 11.7. The summed E-state index contributed by atoms with van der Waals surface area (Å²) in [5, 5.41) is 11.0. The molecule has 1 aromatic carbocycles. The van der Waals surface area contributed by atoms with Gasteiger partial charge in [0.25, 0.3) is 0 Å². The van der Waals surface area contributed by atoms with E-state index in [4.69, 9.17) is 16.3 Å². The highest BCUT2D eigenvalue weighted by Gasteiger charge is 2.09. The van der Waals surface area contributed by atoms with Gasteiger partial charge in [0, 0.05) is 10.6 Å². The maximum absolute atomic E-state index is 10.3. The van der Waals surface area contributed by atoms with Crippen LogP contribution >= 0.6 is 11.6 Å². The van der Waals surface area contributed by atoms with Crippen molar-refractivity contribution in [2.45, 2.75) is 20.4 Å². The Hall–Kier alpha value is -1.26. The van der Waals surface area contributed by atoms with Gasteiger partial charge in [0.1, 0.15) is 18.9 Å². The van der Waals surface area contributed by atoms with E-state index in [2.05, 4.69) is 13.8 Å². The molecule has 0 saturated carbocycles. The van der Waals surface area contributed by atoms with Crippen LogP contribution in [0, 0.1) is 0 Å². The third kappa shape index (κ3) is 4.55. The van der Waals surface area contributed by atoms with Gasteiger partial charge in [0.15, 0.2) is 0 Å². The molecule has 0 aliphatic carbocycles. The predicted molar refractivity (Wildman–Crippen MR) is 67.7 cm³/mol. The number of carbonyl (C=O) groups excluding carboxylic acids is 1. The molecule has 0 heterocycles. The van der Waals surface area contributed by atoms with Gasteiger partial charge in [-0.05, 0) is 32.0 Å². The van der Waals surface area contributed by atoms with Gasteiger partial charge in [-0.25, -0.2) is 0 Å².